The van der Waals surface area contributed by atoms with Gasteiger partial charge < -0.3 is 4.98 Å². The van der Waals surface area contributed by atoms with E-state index in [1.54, 1.807) is 12.1 Å². The van der Waals surface area contributed by atoms with Crippen LogP contribution in [0.2, 0.25) is 5.02 Å². The van der Waals surface area contributed by atoms with E-state index >= 15 is 0 Å². The van der Waals surface area contributed by atoms with Crippen LogP contribution < -0.4 is 10.3 Å². The van der Waals surface area contributed by atoms with Gasteiger partial charge in [-0.15, -0.1) is 11.8 Å². The molecule has 2 N–H and O–H groups in total. The van der Waals surface area contributed by atoms with Crippen LogP contribution in [0, 0.1) is 0 Å². The molecule has 0 bridgehead atoms. The van der Waals surface area contributed by atoms with Crippen molar-refractivity contribution in [3.63, 3.8) is 0 Å². The Morgan fingerprint density at radius 2 is 2.00 bits per heavy atom. The average Bonchev–Trinajstić information content (AvgIpc) is 2.42. The number of benzene rings is 1. The number of aromatic nitrogens is 1. The maximum atomic E-state index is 12.2. The predicted octanol–water partition coefficient (Wildman–Crippen LogP) is 2.55. The van der Waals surface area contributed by atoms with Gasteiger partial charge in [0.2, 0.25) is 0 Å². The first-order valence-corrected chi connectivity index (χ1v) is 8.56. The van der Waals surface area contributed by atoms with E-state index in [4.69, 9.17) is 11.6 Å². The van der Waals surface area contributed by atoms with E-state index in [1.807, 2.05) is 18.4 Å². The molecule has 8 heteroatoms. The molecule has 0 saturated carbocycles. The highest BCUT2D eigenvalue weighted by Crippen LogP contribution is 2.27. The SMILES string of the molecule is CSc1ccccc1NS(=O)(=O)c1c[nH]c(=O)c(Cl)c1. The molecule has 1 heterocycles. The second kappa shape index (κ2) is 5.90. The summed E-state index contributed by atoms with van der Waals surface area (Å²) in [6.07, 6.45) is 2.96. The van der Waals surface area contributed by atoms with Gasteiger partial charge >= 0.3 is 0 Å². The maximum absolute atomic E-state index is 12.2. The Balaban J connectivity index is 2.40. The number of hydrogen-bond acceptors (Lipinski definition) is 4. The molecule has 0 aliphatic heterocycles. The van der Waals surface area contributed by atoms with Crippen LogP contribution in [0.5, 0.6) is 0 Å². The topological polar surface area (TPSA) is 79.0 Å². The van der Waals surface area contributed by atoms with Crippen molar-refractivity contribution in [2.75, 3.05) is 11.0 Å². The molecule has 1 aromatic carbocycles. The van der Waals surface area contributed by atoms with Crippen LogP contribution in [-0.2, 0) is 10.0 Å². The molecule has 0 aliphatic carbocycles. The molecule has 106 valence electrons. The molecule has 2 aromatic rings. The first kappa shape index (κ1) is 15.0. The van der Waals surface area contributed by atoms with Crippen LogP contribution in [0.25, 0.3) is 0 Å². The van der Waals surface area contributed by atoms with Gasteiger partial charge in [0.1, 0.15) is 9.92 Å². The van der Waals surface area contributed by atoms with Gasteiger partial charge in [0.05, 0.1) is 5.69 Å². The molecule has 0 unspecified atom stereocenters. The lowest BCUT2D eigenvalue weighted by atomic mass is 10.3. The fraction of sp³-hybridized carbons (Fsp3) is 0.0833. The van der Waals surface area contributed by atoms with E-state index in [-0.39, 0.29) is 9.92 Å². The maximum Gasteiger partial charge on any atom is 0.266 e. The van der Waals surface area contributed by atoms with Crippen molar-refractivity contribution >= 4 is 39.1 Å². The number of rotatable bonds is 4. The quantitative estimate of drug-likeness (QED) is 0.844. The first-order valence-electron chi connectivity index (χ1n) is 5.48. The highest BCUT2D eigenvalue weighted by Gasteiger charge is 2.17. The fourth-order valence-corrected chi connectivity index (χ4v) is 3.45. The minimum atomic E-state index is -3.80. The monoisotopic (exact) mass is 330 g/mol. The second-order valence-corrected chi connectivity index (χ2v) is 6.76. The summed E-state index contributed by atoms with van der Waals surface area (Å²) in [5.74, 6) is 0. The summed E-state index contributed by atoms with van der Waals surface area (Å²) in [5.41, 5.74) is -0.0579. The van der Waals surface area contributed by atoms with Crippen molar-refractivity contribution < 1.29 is 8.42 Å². The number of para-hydroxylation sites is 1. The zero-order valence-electron chi connectivity index (χ0n) is 10.4. The average molecular weight is 331 g/mol. The van der Waals surface area contributed by atoms with Crippen molar-refractivity contribution in [1.82, 2.24) is 4.98 Å². The van der Waals surface area contributed by atoms with Gasteiger partial charge in [0, 0.05) is 11.1 Å². The first-order chi connectivity index (χ1) is 9.44. The molecule has 0 aliphatic rings. The van der Waals surface area contributed by atoms with Gasteiger partial charge in [-0.25, -0.2) is 8.42 Å². The third-order valence-corrected chi connectivity index (χ3v) is 4.91. The number of aromatic amines is 1. The lowest BCUT2D eigenvalue weighted by Crippen LogP contribution is -2.16. The third-order valence-electron chi connectivity index (χ3n) is 2.49. The largest absolute Gasteiger partial charge is 0.326 e. The summed E-state index contributed by atoms with van der Waals surface area (Å²) >= 11 is 7.07. The van der Waals surface area contributed by atoms with Crippen LogP contribution in [0.3, 0.4) is 0 Å². The molecule has 0 radical (unpaired) electrons. The third kappa shape index (κ3) is 3.17. The molecule has 0 amide bonds. The molecule has 2 rings (SSSR count). The lowest BCUT2D eigenvalue weighted by molar-refractivity contribution is 0.600. The highest BCUT2D eigenvalue weighted by atomic mass is 35.5. The zero-order valence-corrected chi connectivity index (χ0v) is 12.8. The Labute approximate surface area is 125 Å². The van der Waals surface area contributed by atoms with Crippen molar-refractivity contribution in [3.05, 3.63) is 51.9 Å². The van der Waals surface area contributed by atoms with Crippen LogP contribution in [0.15, 0.2) is 51.1 Å². The summed E-state index contributed by atoms with van der Waals surface area (Å²) in [6, 6.07) is 8.14. The molecule has 0 spiro atoms. The van der Waals surface area contributed by atoms with Gasteiger partial charge in [-0.3, -0.25) is 9.52 Å². The van der Waals surface area contributed by atoms with Gasteiger partial charge in [-0.2, -0.15) is 0 Å². The number of hydrogen-bond donors (Lipinski definition) is 2. The van der Waals surface area contributed by atoms with E-state index in [9.17, 15) is 13.2 Å². The standard InChI is InChI=1S/C12H11ClN2O3S2/c1-19-11-5-3-2-4-10(11)15-20(17,18)8-6-9(13)12(16)14-7-8/h2-7,15H,1H3,(H,14,16). The van der Waals surface area contributed by atoms with Crippen molar-refractivity contribution in [3.8, 4) is 0 Å². The Morgan fingerprint density at radius 1 is 1.30 bits per heavy atom. The van der Waals surface area contributed by atoms with Crippen LogP contribution >= 0.6 is 23.4 Å². The minimum Gasteiger partial charge on any atom is -0.326 e. The fourth-order valence-electron chi connectivity index (χ4n) is 1.53. The van der Waals surface area contributed by atoms with Crippen molar-refractivity contribution in [2.24, 2.45) is 0 Å². The molecule has 0 saturated heterocycles. The smallest absolute Gasteiger partial charge is 0.266 e. The van der Waals surface area contributed by atoms with Crippen LogP contribution in [0.1, 0.15) is 0 Å². The van der Waals surface area contributed by atoms with E-state index in [0.717, 1.165) is 17.2 Å². The van der Waals surface area contributed by atoms with E-state index in [2.05, 4.69) is 9.71 Å². The van der Waals surface area contributed by atoms with Gasteiger partial charge in [0.15, 0.2) is 0 Å². The predicted molar refractivity (Wildman–Crippen MR) is 81.1 cm³/mol. The van der Waals surface area contributed by atoms with Crippen molar-refractivity contribution in [1.29, 1.82) is 0 Å². The number of sulfonamides is 1. The van der Waals surface area contributed by atoms with Crippen LogP contribution in [-0.4, -0.2) is 19.7 Å². The number of nitrogens with one attached hydrogen (secondary N) is 2. The second-order valence-electron chi connectivity index (χ2n) is 3.82. The van der Waals surface area contributed by atoms with Crippen molar-refractivity contribution in [2.45, 2.75) is 9.79 Å². The number of halogens is 1. The van der Waals surface area contributed by atoms with Crippen LogP contribution in [0.4, 0.5) is 5.69 Å². The van der Waals surface area contributed by atoms with Gasteiger partial charge in [-0.1, -0.05) is 23.7 Å². The summed E-state index contributed by atoms with van der Waals surface area (Å²) in [4.78, 5) is 14.1. The minimum absolute atomic E-state index is 0.0991. The Kier molecular flexibility index (Phi) is 4.42. The van der Waals surface area contributed by atoms with E-state index < -0.39 is 15.6 Å². The normalized spacial score (nSPS) is 11.3. The molecule has 5 nitrogen and oxygen atoms in total. The Bertz CT molecular complexity index is 787. The summed E-state index contributed by atoms with van der Waals surface area (Å²) in [5, 5.41) is -0.175. The lowest BCUT2D eigenvalue weighted by Gasteiger charge is -2.11. The summed E-state index contributed by atoms with van der Waals surface area (Å²) in [7, 11) is -3.80. The van der Waals surface area contributed by atoms with E-state index in [1.165, 1.54) is 11.8 Å². The number of H-pyrrole nitrogens is 1. The highest BCUT2D eigenvalue weighted by molar-refractivity contribution is 7.99. The molecule has 1 aromatic heterocycles. The Hall–Kier alpha value is -1.44. The Morgan fingerprint density at radius 3 is 2.65 bits per heavy atom. The summed E-state index contributed by atoms with van der Waals surface area (Å²) < 4.78 is 26.9. The molecule has 20 heavy (non-hydrogen) atoms. The van der Waals surface area contributed by atoms with E-state index in [0.29, 0.717) is 5.69 Å². The summed E-state index contributed by atoms with van der Waals surface area (Å²) in [6.45, 7) is 0. The molecular formula is C12H11ClN2O3S2. The number of thioether (sulfide) groups is 1. The molecule has 0 atom stereocenters. The molecule has 0 fully saturated rings. The number of pyridine rings is 1. The van der Waals surface area contributed by atoms with Gasteiger partial charge in [-0.05, 0) is 24.5 Å². The molecular weight excluding hydrogens is 320 g/mol. The number of anilines is 1. The zero-order chi connectivity index (χ0) is 14.8. The van der Waals surface area contributed by atoms with Gasteiger partial charge in [0.25, 0.3) is 15.6 Å².